The first-order valence-corrected chi connectivity index (χ1v) is 10.3. The summed E-state index contributed by atoms with van der Waals surface area (Å²) in [4.78, 5) is 15.2. The third-order valence-electron chi connectivity index (χ3n) is 4.59. The van der Waals surface area contributed by atoms with Gasteiger partial charge in [-0.2, -0.15) is 0 Å². The Balaban J connectivity index is 2.11. The lowest BCUT2D eigenvalue weighted by molar-refractivity contribution is -0.384. The maximum absolute atomic E-state index is 12.1. The molecule has 10 nitrogen and oxygen atoms in total. The highest BCUT2D eigenvalue weighted by molar-refractivity contribution is 7.89. The first-order valence-electron chi connectivity index (χ1n) is 8.86. The van der Waals surface area contributed by atoms with Crippen molar-refractivity contribution in [2.45, 2.75) is 10.9 Å². The number of methoxy groups -OCH3 is 1. The minimum absolute atomic E-state index is 0.158. The molecule has 0 aliphatic heterocycles. The van der Waals surface area contributed by atoms with E-state index in [-0.39, 0.29) is 16.3 Å². The second-order valence-corrected chi connectivity index (χ2v) is 8.28. The van der Waals surface area contributed by atoms with E-state index in [0.717, 1.165) is 11.6 Å². The molecule has 3 aromatic rings. The smallest absolute Gasteiger partial charge is 0.293 e. The summed E-state index contributed by atoms with van der Waals surface area (Å²) in [5.41, 5.74) is 0.559. The lowest BCUT2D eigenvalue weighted by Crippen LogP contribution is -2.20. The summed E-state index contributed by atoms with van der Waals surface area (Å²) in [6, 6.07) is 10.4. The van der Waals surface area contributed by atoms with Gasteiger partial charge in [-0.1, -0.05) is 12.1 Å². The number of nitrogens with one attached hydrogen (secondary N) is 2. The first kappa shape index (κ1) is 21.3. The van der Waals surface area contributed by atoms with Crippen molar-refractivity contribution in [2.75, 3.05) is 19.5 Å². The Kier molecular flexibility index (Phi) is 6.04. The van der Waals surface area contributed by atoms with Crippen LogP contribution in [0, 0.1) is 10.1 Å². The number of nitro groups is 1. The third-order valence-corrected chi connectivity index (χ3v) is 6.00. The Labute approximate surface area is 173 Å². The van der Waals surface area contributed by atoms with Crippen LogP contribution in [0.3, 0.4) is 0 Å². The van der Waals surface area contributed by atoms with E-state index in [4.69, 9.17) is 4.74 Å². The maximum Gasteiger partial charge on any atom is 0.293 e. The molecule has 11 heteroatoms. The van der Waals surface area contributed by atoms with Gasteiger partial charge in [-0.05, 0) is 36.9 Å². The van der Waals surface area contributed by atoms with Crippen molar-refractivity contribution in [3.05, 3.63) is 76.4 Å². The normalized spacial score (nSPS) is 12.4. The van der Waals surface area contributed by atoms with Gasteiger partial charge < -0.3 is 14.6 Å². The molecule has 158 valence electrons. The fourth-order valence-corrected chi connectivity index (χ4v) is 3.75. The molecule has 1 heterocycles. The zero-order valence-corrected chi connectivity index (χ0v) is 17.4. The lowest BCUT2D eigenvalue weighted by atomic mass is 10.0. The molecule has 0 fully saturated rings. The highest BCUT2D eigenvalue weighted by atomic mass is 32.2. The molecule has 0 aliphatic rings. The molecular formula is C19H21N5O5S. The Bertz CT molecular complexity index is 1180. The second kappa shape index (κ2) is 8.51. The molecule has 2 N–H and O–H groups in total. The van der Waals surface area contributed by atoms with Crippen molar-refractivity contribution >= 4 is 21.4 Å². The molecule has 2 aromatic carbocycles. The number of sulfonamides is 1. The summed E-state index contributed by atoms with van der Waals surface area (Å²) in [5.74, 6) is 1.24. The SMILES string of the molecule is CNS(=O)(=O)c1ccc(NC(c2cccc(OC)c2)c2nccn2C)c([N+](=O)[O-])c1. The monoisotopic (exact) mass is 431 g/mol. The van der Waals surface area contributed by atoms with Crippen LogP contribution < -0.4 is 14.8 Å². The van der Waals surface area contributed by atoms with Crippen molar-refractivity contribution in [2.24, 2.45) is 7.05 Å². The van der Waals surface area contributed by atoms with Gasteiger partial charge in [-0.25, -0.2) is 18.1 Å². The molecule has 1 unspecified atom stereocenters. The minimum Gasteiger partial charge on any atom is -0.497 e. The number of hydrogen-bond donors (Lipinski definition) is 2. The van der Waals surface area contributed by atoms with Gasteiger partial charge in [-0.15, -0.1) is 0 Å². The number of benzene rings is 2. The van der Waals surface area contributed by atoms with E-state index in [1.807, 2.05) is 19.2 Å². The number of aromatic nitrogens is 2. The summed E-state index contributed by atoms with van der Waals surface area (Å²) in [6.07, 6.45) is 3.39. The molecule has 3 rings (SSSR count). The van der Waals surface area contributed by atoms with Crippen molar-refractivity contribution in [3.8, 4) is 5.75 Å². The van der Waals surface area contributed by atoms with Gasteiger partial charge in [0.05, 0.1) is 16.9 Å². The number of rotatable bonds is 8. The first-order chi connectivity index (χ1) is 14.3. The van der Waals surface area contributed by atoms with E-state index in [1.54, 1.807) is 36.2 Å². The van der Waals surface area contributed by atoms with Gasteiger partial charge in [0.15, 0.2) is 0 Å². The Morgan fingerprint density at radius 2 is 2.00 bits per heavy atom. The van der Waals surface area contributed by atoms with Crippen LogP contribution in [0.4, 0.5) is 11.4 Å². The topological polar surface area (TPSA) is 128 Å². The van der Waals surface area contributed by atoms with Gasteiger partial charge in [-0.3, -0.25) is 10.1 Å². The minimum atomic E-state index is -3.83. The molecule has 0 saturated carbocycles. The summed E-state index contributed by atoms with van der Waals surface area (Å²) in [5, 5.41) is 14.8. The summed E-state index contributed by atoms with van der Waals surface area (Å²) < 4.78 is 33.3. The van der Waals surface area contributed by atoms with E-state index in [9.17, 15) is 18.5 Å². The van der Waals surface area contributed by atoms with Gasteiger partial charge in [0.2, 0.25) is 10.0 Å². The number of hydrogen-bond acceptors (Lipinski definition) is 7. The van der Waals surface area contributed by atoms with Gasteiger partial charge >= 0.3 is 0 Å². The van der Waals surface area contributed by atoms with Gasteiger partial charge in [0, 0.05) is 25.5 Å². The molecule has 0 bridgehead atoms. The molecule has 1 atom stereocenters. The van der Waals surface area contributed by atoms with E-state index in [1.165, 1.54) is 19.2 Å². The number of nitrogens with zero attached hydrogens (tertiary/aromatic N) is 3. The highest BCUT2D eigenvalue weighted by Gasteiger charge is 2.25. The standard InChI is InChI=1S/C19H21N5O5S/c1-20-30(27,28)15-7-8-16(17(12-15)24(25)26)22-18(19-21-9-10-23(19)2)13-5-4-6-14(11-13)29-3/h4-12,18,20,22H,1-3H3. The number of nitro benzene ring substituents is 1. The predicted octanol–water partition coefficient (Wildman–Crippen LogP) is 2.45. The van der Waals surface area contributed by atoms with Crippen molar-refractivity contribution in [1.29, 1.82) is 0 Å². The van der Waals surface area contributed by atoms with E-state index < -0.39 is 21.0 Å². The number of imidazole rings is 1. The zero-order chi connectivity index (χ0) is 21.9. The fourth-order valence-electron chi connectivity index (χ4n) is 3.00. The number of anilines is 1. The van der Waals surface area contributed by atoms with Crippen LogP contribution in [0.2, 0.25) is 0 Å². The van der Waals surface area contributed by atoms with Crippen LogP contribution in [0.5, 0.6) is 5.75 Å². The molecule has 30 heavy (non-hydrogen) atoms. The summed E-state index contributed by atoms with van der Waals surface area (Å²) >= 11 is 0. The molecule has 0 aliphatic carbocycles. The molecule has 0 radical (unpaired) electrons. The summed E-state index contributed by atoms with van der Waals surface area (Å²) in [7, 11) is 0.781. The van der Waals surface area contributed by atoms with Crippen LogP contribution in [-0.4, -0.2) is 37.0 Å². The molecular weight excluding hydrogens is 410 g/mol. The average molecular weight is 431 g/mol. The number of aryl methyl sites for hydroxylation is 1. The third kappa shape index (κ3) is 4.26. The second-order valence-electron chi connectivity index (χ2n) is 6.39. The largest absolute Gasteiger partial charge is 0.497 e. The molecule has 0 spiro atoms. The van der Waals surface area contributed by atoms with Gasteiger partial charge in [0.1, 0.15) is 23.3 Å². The molecule has 1 aromatic heterocycles. The van der Waals surface area contributed by atoms with Crippen LogP contribution in [0.1, 0.15) is 17.4 Å². The quantitative estimate of drug-likeness (QED) is 0.414. The van der Waals surface area contributed by atoms with E-state index in [0.29, 0.717) is 11.6 Å². The Morgan fingerprint density at radius 3 is 2.60 bits per heavy atom. The summed E-state index contributed by atoms with van der Waals surface area (Å²) in [6.45, 7) is 0. The van der Waals surface area contributed by atoms with Crippen LogP contribution in [0.15, 0.2) is 59.8 Å². The van der Waals surface area contributed by atoms with Crippen LogP contribution in [0.25, 0.3) is 0 Å². The average Bonchev–Trinajstić information content (AvgIpc) is 3.17. The van der Waals surface area contributed by atoms with Crippen LogP contribution in [-0.2, 0) is 17.1 Å². The van der Waals surface area contributed by atoms with E-state index in [2.05, 4.69) is 15.0 Å². The molecule has 0 saturated heterocycles. The molecule has 0 amide bonds. The fraction of sp³-hybridized carbons (Fsp3) is 0.211. The van der Waals surface area contributed by atoms with Crippen LogP contribution >= 0.6 is 0 Å². The number of ether oxygens (including phenoxy) is 1. The highest BCUT2D eigenvalue weighted by Crippen LogP contribution is 2.33. The van der Waals surface area contributed by atoms with Crippen molar-refractivity contribution in [3.63, 3.8) is 0 Å². The lowest BCUT2D eigenvalue weighted by Gasteiger charge is -2.21. The Hall–Kier alpha value is -3.44. The van der Waals surface area contributed by atoms with Crippen molar-refractivity contribution < 1.29 is 18.1 Å². The predicted molar refractivity (Wildman–Crippen MR) is 111 cm³/mol. The van der Waals surface area contributed by atoms with Crippen molar-refractivity contribution in [1.82, 2.24) is 14.3 Å². The maximum atomic E-state index is 12.1. The zero-order valence-electron chi connectivity index (χ0n) is 16.6. The van der Waals surface area contributed by atoms with E-state index >= 15 is 0 Å². The van der Waals surface area contributed by atoms with Gasteiger partial charge in [0.25, 0.3) is 5.69 Å². The Morgan fingerprint density at radius 1 is 1.23 bits per heavy atom.